The van der Waals surface area contributed by atoms with Crippen LogP contribution in [-0.2, 0) is 4.79 Å². The number of carboxylic acid groups (broad SMARTS) is 1. The SMILES string of the molecule is CCCCCCCCCCCCCCNC(=O)N[C@H](C)C(=O)O. The third-order valence-corrected chi connectivity index (χ3v) is 4.03. The van der Waals surface area contributed by atoms with Gasteiger partial charge in [-0.05, 0) is 13.3 Å². The highest BCUT2D eigenvalue weighted by Gasteiger charge is 2.12. The zero-order chi connectivity index (χ0) is 17.3. The topological polar surface area (TPSA) is 78.4 Å². The molecule has 0 aromatic heterocycles. The number of carbonyl (C=O) groups is 2. The van der Waals surface area contributed by atoms with Gasteiger partial charge in [0.05, 0.1) is 0 Å². The first-order valence-electron chi connectivity index (χ1n) is 9.35. The van der Waals surface area contributed by atoms with Crippen LogP contribution >= 0.6 is 0 Å². The van der Waals surface area contributed by atoms with Gasteiger partial charge in [0.1, 0.15) is 6.04 Å². The maximum absolute atomic E-state index is 11.4. The normalized spacial score (nSPS) is 11.9. The molecule has 0 heterocycles. The fourth-order valence-corrected chi connectivity index (χ4v) is 2.48. The zero-order valence-electron chi connectivity index (χ0n) is 15.0. The van der Waals surface area contributed by atoms with E-state index in [0.29, 0.717) is 6.54 Å². The van der Waals surface area contributed by atoms with Gasteiger partial charge in [-0.25, -0.2) is 4.79 Å². The Morgan fingerprint density at radius 1 is 0.826 bits per heavy atom. The number of aliphatic carboxylic acids is 1. The van der Waals surface area contributed by atoms with E-state index < -0.39 is 18.0 Å². The van der Waals surface area contributed by atoms with Crippen LogP contribution in [0.1, 0.15) is 90.9 Å². The van der Waals surface area contributed by atoms with Gasteiger partial charge in [-0.15, -0.1) is 0 Å². The molecule has 0 aliphatic rings. The maximum atomic E-state index is 11.4. The van der Waals surface area contributed by atoms with Crippen LogP contribution in [0.2, 0.25) is 0 Å². The molecule has 0 saturated heterocycles. The van der Waals surface area contributed by atoms with E-state index >= 15 is 0 Å². The molecule has 0 saturated carbocycles. The van der Waals surface area contributed by atoms with Gasteiger partial charge < -0.3 is 15.7 Å². The molecule has 0 fully saturated rings. The summed E-state index contributed by atoms with van der Waals surface area (Å²) in [4.78, 5) is 22.0. The molecule has 0 aromatic carbocycles. The first-order chi connectivity index (χ1) is 11.1. The van der Waals surface area contributed by atoms with Crippen molar-refractivity contribution in [2.24, 2.45) is 0 Å². The first-order valence-corrected chi connectivity index (χ1v) is 9.35. The molecule has 0 aromatic rings. The van der Waals surface area contributed by atoms with Crippen molar-refractivity contribution >= 4 is 12.0 Å². The second-order valence-electron chi connectivity index (χ2n) is 6.35. The summed E-state index contributed by atoms with van der Waals surface area (Å²) in [6.07, 6.45) is 15.4. The average Bonchev–Trinajstić information content (AvgIpc) is 2.51. The Morgan fingerprint density at radius 2 is 1.26 bits per heavy atom. The van der Waals surface area contributed by atoms with Gasteiger partial charge in [0.2, 0.25) is 0 Å². The van der Waals surface area contributed by atoms with Crippen molar-refractivity contribution in [2.75, 3.05) is 6.54 Å². The lowest BCUT2D eigenvalue weighted by Gasteiger charge is -2.10. The fourth-order valence-electron chi connectivity index (χ4n) is 2.48. The summed E-state index contributed by atoms with van der Waals surface area (Å²) in [5.74, 6) is -1.02. The fraction of sp³-hybridized carbons (Fsp3) is 0.889. The maximum Gasteiger partial charge on any atom is 0.325 e. The minimum atomic E-state index is -1.02. The van der Waals surface area contributed by atoms with Crippen LogP contribution in [-0.4, -0.2) is 29.7 Å². The predicted octanol–water partition coefficient (Wildman–Crippen LogP) is 4.46. The van der Waals surface area contributed by atoms with E-state index in [9.17, 15) is 9.59 Å². The number of rotatable bonds is 15. The molecule has 0 radical (unpaired) electrons. The number of carbonyl (C=O) groups excluding carboxylic acids is 1. The second kappa shape index (κ2) is 15.6. The van der Waals surface area contributed by atoms with Crippen molar-refractivity contribution in [3.8, 4) is 0 Å². The summed E-state index contributed by atoms with van der Waals surface area (Å²) in [6.45, 7) is 4.31. The third-order valence-electron chi connectivity index (χ3n) is 4.03. The first kappa shape index (κ1) is 21.7. The number of urea groups is 1. The lowest BCUT2D eigenvalue weighted by Crippen LogP contribution is -2.44. The van der Waals surface area contributed by atoms with Crippen LogP contribution in [0.5, 0.6) is 0 Å². The molecule has 5 heteroatoms. The monoisotopic (exact) mass is 328 g/mol. The molecule has 1 atom stereocenters. The van der Waals surface area contributed by atoms with Crippen molar-refractivity contribution in [3.05, 3.63) is 0 Å². The van der Waals surface area contributed by atoms with Crippen molar-refractivity contribution in [1.82, 2.24) is 10.6 Å². The largest absolute Gasteiger partial charge is 0.480 e. The van der Waals surface area contributed by atoms with E-state index in [1.165, 1.54) is 71.1 Å². The zero-order valence-corrected chi connectivity index (χ0v) is 15.0. The molecule has 136 valence electrons. The van der Waals surface area contributed by atoms with Crippen LogP contribution in [0.25, 0.3) is 0 Å². The molecule has 3 N–H and O–H groups in total. The molecule has 23 heavy (non-hydrogen) atoms. The molecular weight excluding hydrogens is 292 g/mol. The highest BCUT2D eigenvalue weighted by molar-refractivity contribution is 5.82. The van der Waals surface area contributed by atoms with E-state index in [2.05, 4.69) is 17.6 Å². The molecule has 2 amide bonds. The lowest BCUT2D eigenvalue weighted by molar-refractivity contribution is -0.138. The third kappa shape index (κ3) is 15.4. The van der Waals surface area contributed by atoms with Crippen molar-refractivity contribution in [2.45, 2.75) is 96.9 Å². The van der Waals surface area contributed by atoms with Gasteiger partial charge in [-0.2, -0.15) is 0 Å². The van der Waals surface area contributed by atoms with E-state index in [4.69, 9.17) is 5.11 Å². The minimum Gasteiger partial charge on any atom is -0.480 e. The Morgan fingerprint density at radius 3 is 1.70 bits per heavy atom. The highest BCUT2D eigenvalue weighted by atomic mass is 16.4. The molecule has 5 nitrogen and oxygen atoms in total. The van der Waals surface area contributed by atoms with Gasteiger partial charge in [0.25, 0.3) is 0 Å². The molecule has 0 rings (SSSR count). The quantitative estimate of drug-likeness (QED) is 0.388. The van der Waals surface area contributed by atoms with Crippen molar-refractivity contribution in [3.63, 3.8) is 0 Å². The molecule has 0 bridgehead atoms. The Labute approximate surface area is 141 Å². The van der Waals surface area contributed by atoms with Gasteiger partial charge in [0, 0.05) is 6.54 Å². The van der Waals surface area contributed by atoms with E-state index in [1.54, 1.807) is 0 Å². The van der Waals surface area contributed by atoms with E-state index in [1.807, 2.05) is 0 Å². The number of hydrogen-bond acceptors (Lipinski definition) is 2. The highest BCUT2D eigenvalue weighted by Crippen LogP contribution is 2.11. The molecule has 0 aliphatic heterocycles. The van der Waals surface area contributed by atoms with Gasteiger partial charge in [0.15, 0.2) is 0 Å². The number of amides is 2. The average molecular weight is 328 g/mol. The Hall–Kier alpha value is -1.26. The Bertz CT molecular complexity index is 309. The van der Waals surface area contributed by atoms with Crippen LogP contribution < -0.4 is 10.6 Å². The number of unbranched alkanes of at least 4 members (excludes halogenated alkanes) is 11. The molecular formula is C18H36N2O3. The molecule has 0 aliphatic carbocycles. The number of nitrogens with one attached hydrogen (secondary N) is 2. The Balaban J connectivity index is 3.21. The predicted molar refractivity (Wildman–Crippen MR) is 94.7 cm³/mol. The summed E-state index contributed by atoms with van der Waals surface area (Å²) < 4.78 is 0. The van der Waals surface area contributed by atoms with Crippen molar-refractivity contribution < 1.29 is 14.7 Å². The van der Waals surface area contributed by atoms with Crippen LogP contribution in [0.15, 0.2) is 0 Å². The minimum absolute atomic E-state index is 0.400. The van der Waals surface area contributed by atoms with E-state index in [0.717, 1.165) is 12.8 Å². The van der Waals surface area contributed by atoms with Crippen LogP contribution in [0.3, 0.4) is 0 Å². The van der Waals surface area contributed by atoms with E-state index in [-0.39, 0.29) is 0 Å². The second-order valence-corrected chi connectivity index (χ2v) is 6.35. The Kier molecular flexibility index (Phi) is 14.8. The lowest BCUT2D eigenvalue weighted by atomic mass is 10.1. The molecule has 0 unspecified atom stereocenters. The van der Waals surface area contributed by atoms with Crippen molar-refractivity contribution in [1.29, 1.82) is 0 Å². The summed E-state index contributed by atoms with van der Waals surface area (Å²) in [5, 5.41) is 13.7. The standard InChI is InChI=1S/C18H36N2O3/c1-3-4-5-6-7-8-9-10-11-12-13-14-15-19-18(23)20-16(2)17(21)22/h16H,3-15H2,1-2H3,(H,21,22)(H2,19,20,23)/t16-/m1/s1. The van der Waals surface area contributed by atoms with Gasteiger partial charge in [-0.3, -0.25) is 4.79 Å². The number of carboxylic acids is 1. The summed E-state index contributed by atoms with van der Waals surface area (Å²) in [5.41, 5.74) is 0. The van der Waals surface area contributed by atoms with Gasteiger partial charge >= 0.3 is 12.0 Å². The van der Waals surface area contributed by atoms with Crippen LogP contribution in [0.4, 0.5) is 4.79 Å². The number of hydrogen-bond donors (Lipinski definition) is 3. The smallest absolute Gasteiger partial charge is 0.325 e. The molecule has 0 spiro atoms. The summed E-state index contributed by atoms with van der Waals surface area (Å²) >= 11 is 0. The summed E-state index contributed by atoms with van der Waals surface area (Å²) in [6, 6.07) is -1.25. The summed E-state index contributed by atoms with van der Waals surface area (Å²) in [7, 11) is 0. The van der Waals surface area contributed by atoms with Gasteiger partial charge in [-0.1, -0.05) is 77.6 Å². The van der Waals surface area contributed by atoms with Crippen LogP contribution in [0, 0.1) is 0 Å².